The predicted molar refractivity (Wildman–Crippen MR) is 85.7 cm³/mol. The van der Waals surface area contributed by atoms with Gasteiger partial charge in [0.1, 0.15) is 0 Å². The van der Waals surface area contributed by atoms with E-state index in [1.807, 2.05) is 0 Å². The topological polar surface area (TPSA) is 29.3 Å². The Hall–Kier alpha value is -1.38. The minimum Gasteiger partial charge on any atom is -0.323 e. The van der Waals surface area contributed by atoms with Crippen LogP contribution in [0.1, 0.15) is 31.4 Å². The second-order valence-corrected chi connectivity index (χ2v) is 6.16. The lowest BCUT2D eigenvalue weighted by atomic mass is 9.96. The smallest absolute Gasteiger partial charge is 0.0430 e. The van der Waals surface area contributed by atoms with E-state index >= 15 is 0 Å². The second kappa shape index (κ2) is 5.94. The Labute approximate surface area is 121 Å². The van der Waals surface area contributed by atoms with Crippen molar-refractivity contribution in [1.82, 2.24) is 4.90 Å². The van der Waals surface area contributed by atoms with Crippen LogP contribution in [0, 0.1) is 5.92 Å². The minimum absolute atomic E-state index is 0.106. The van der Waals surface area contributed by atoms with Gasteiger partial charge in [-0.05, 0) is 48.2 Å². The van der Waals surface area contributed by atoms with Crippen molar-refractivity contribution in [3.8, 4) is 0 Å². The molecule has 0 saturated carbocycles. The molecule has 106 valence electrons. The molecule has 1 aliphatic heterocycles. The largest absolute Gasteiger partial charge is 0.323 e. The molecule has 1 saturated heterocycles. The number of likely N-dealkylation sites (tertiary alicyclic amines) is 1. The number of hydrogen-bond donors (Lipinski definition) is 1. The Bertz CT molecular complexity index is 565. The van der Waals surface area contributed by atoms with E-state index in [0.717, 1.165) is 12.5 Å². The number of rotatable bonds is 3. The summed E-state index contributed by atoms with van der Waals surface area (Å²) in [6, 6.07) is 15.1. The molecule has 0 aliphatic carbocycles. The third-order valence-electron chi connectivity index (χ3n) is 4.55. The first-order chi connectivity index (χ1) is 9.74. The Balaban J connectivity index is 1.77. The first-order valence-electron chi connectivity index (χ1n) is 7.69. The van der Waals surface area contributed by atoms with Gasteiger partial charge >= 0.3 is 0 Å². The number of fused-ring (bicyclic) bond motifs is 1. The molecule has 0 amide bonds. The number of piperidine rings is 1. The maximum absolute atomic E-state index is 6.48. The van der Waals surface area contributed by atoms with Crippen LogP contribution in [0.4, 0.5) is 0 Å². The van der Waals surface area contributed by atoms with Crippen molar-refractivity contribution >= 4 is 10.8 Å². The first kappa shape index (κ1) is 13.6. The molecule has 2 N–H and O–H groups in total. The van der Waals surface area contributed by atoms with Crippen LogP contribution in [-0.4, -0.2) is 24.5 Å². The van der Waals surface area contributed by atoms with Crippen LogP contribution in [0.2, 0.25) is 0 Å². The summed E-state index contributed by atoms with van der Waals surface area (Å²) in [6.45, 7) is 5.71. The van der Waals surface area contributed by atoms with Gasteiger partial charge in [-0.25, -0.2) is 0 Å². The van der Waals surface area contributed by atoms with Gasteiger partial charge in [0.25, 0.3) is 0 Å². The molecule has 0 spiro atoms. The van der Waals surface area contributed by atoms with Crippen LogP contribution in [0.15, 0.2) is 42.5 Å². The lowest BCUT2D eigenvalue weighted by Gasteiger charge is -2.32. The molecule has 0 bridgehead atoms. The average Bonchev–Trinajstić information content (AvgIpc) is 2.49. The molecular weight excluding hydrogens is 244 g/mol. The molecule has 0 radical (unpaired) electrons. The quantitative estimate of drug-likeness (QED) is 0.922. The van der Waals surface area contributed by atoms with Crippen molar-refractivity contribution in [3.05, 3.63) is 48.0 Å². The van der Waals surface area contributed by atoms with Gasteiger partial charge in [-0.2, -0.15) is 0 Å². The number of hydrogen-bond acceptors (Lipinski definition) is 2. The highest BCUT2D eigenvalue weighted by atomic mass is 15.1. The second-order valence-electron chi connectivity index (χ2n) is 6.16. The van der Waals surface area contributed by atoms with E-state index in [1.165, 1.54) is 42.3 Å². The summed E-state index contributed by atoms with van der Waals surface area (Å²) < 4.78 is 0. The van der Waals surface area contributed by atoms with Crippen LogP contribution < -0.4 is 5.73 Å². The van der Waals surface area contributed by atoms with Gasteiger partial charge in [0.2, 0.25) is 0 Å². The van der Waals surface area contributed by atoms with E-state index in [0.29, 0.717) is 0 Å². The highest BCUT2D eigenvalue weighted by Gasteiger charge is 2.19. The van der Waals surface area contributed by atoms with Crippen molar-refractivity contribution < 1.29 is 0 Å². The van der Waals surface area contributed by atoms with E-state index < -0.39 is 0 Å². The number of nitrogens with zero attached hydrogens (tertiary/aromatic N) is 1. The highest BCUT2D eigenvalue weighted by Crippen LogP contribution is 2.25. The fourth-order valence-corrected chi connectivity index (χ4v) is 3.19. The van der Waals surface area contributed by atoms with Gasteiger partial charge in [0, 0.05) is 12.6 Å². The normalized spacial score (nSPS) is 19.3. The standard InChI is InChI=1S/C18H24N2/c1-14-9-11-20(12-10-14)13-18(19)17-8-4-6-15-5-2-3-7-16(15)17/h2-8,14,18H,9-13,19H2,1H3. The Morgan fingerprint density at radius 3 is 2.60 bits per heavy atom. The summed E-state index contributed by atoms with van der Waals surface area (Å²) in [5.74, 6) is 0.875. The van der Waals surface area contributed by atoms with E-state index in [-0.39, 0.29) is 6.04 Å². The molecule has 0 aromatic heterocycles. The third kappa shape index (κ3) is 2.87. The molecule has 2 nitrogen and oxygen atoms in total. The molecule has 20 heavy (non-hydrogen) atoms. The summed E-state index contributed by atoms with van der Waals surface area (Å²) in [7, 11) is 0. The Morgan fingerprint density at radius 2 is 1.80 bits per heavy atom. The van der Waals surface area contributed by atoms with Crippen LogP contribution in [0.25, 0.3) is 10.8 Å². The summed E-state index contributed by atoms with van der Waals surface area (Å²) >= 11 is 0. The summed E-state index contributed by atoms with van der Waals surface area (Å²) in [6.07, 6.45) is 2.62. The molecule has 2 aromatic rings. The molecule has 1 fully saturated rings. The molecule has 1 atom stereocenters. The van der Waals surface area contributed by atoms with Crippen molar-refractivity contribution in [1.29, 1.82) is 0 Å². The van der Waals surface area contributed by atoms with Crippen molar-refractivity contribution in [2.45, 2.75) is 25.8 Å². The lowest BCUT2D eigenvalue weighted by Crippen LogP contribution is -2.38. The predicted octanol–water partition coefficient (Wildman–Crippen LogP) is 3.57. The van der Waals surface area contributed by atoms with Gasteiger partial charge < -0.3 is 10.6 Å². The number of nitrogens with two attached hydrogens (primary N) is 1. The molecule has 2 aromatic carbocycles. The van der Waals surface area contributed by atoms with E-state index in [9.17, 15) is 0 Å². The molecule has 2 heteroatoms. The molecule has 1 heterocycles. The average molecular weight is 268 g/mol. The van der Waals surface area contributed by atoms with E-state index in [2.05, 4.69) is 54.3 Å². The van der Waals surface area contributed by atoms with Gasteiger partial charge in [-0.1, -0.05) is 49.4 Å². The van der Waals surface area contributed by atoms with E-state index in [4.69, 9.17) is 5.73 Å². The zero-order chi connectivity index (χ0) is 13.9. The summed E-state index contributed by atoms with van der Waals surface area (Å²) in [5.41, 5.74) is 7.76. The molecule has 1 unspecified atom stereocenters. The maximum atomic E-state index is 6.48. The fourth-order valence-electron chi connectivity index (χ4n) is 3.19. The van der Waals surface area contributed by atoms with Gasteiger partial charge in [-0.15, -0.1) is 0 Å². The minimum atomic E-state index is 0.106. The lowest BCUT2D eigenvalue weighted by molar-refractivity contribution is 0.183. The highest BCUT2D eigenvalue weighted by molar-refractivity contribution is 5.86. The van der Waals surface area contributed by atoms with Crippen LogP contribution in [-0.2, 0) is 0 Å². The zero-order valence-corrected chi connectivity index (χ0v) is 12.3. The molecular formula is C18H24N2. The summed E-state index contributed by atoms with van der Waals surface area (Å²) in [5, 5.41) is 2.58. The zero-order valence-electron chi connectivity index (χ0n) is 12.3. The monoisotopic (exact) mass is 268 g/mol. The van der Waals surface area contributed by atoms with Crippen LogP contribution in [0.5, 0.6) is 0 Å². The number of benzene rings is 2. The van der Waals surface area contributed by atoms with Gasteiger partial charge in [0.15, 0.2) is 0 Å². The molecule has 3 rings (SSSR count). The van der Waals surface area contributed by atoms with Crippen molar-refractivity contribution in [2.75, 3.05) is 19.6 Å². The maximum Gasteiger partial charge on any atom is 0.0430 e. The Kier molecular flexibility index (Phi) is 4.04. The van der Waals surface area contributed by atoms with Gasteiger partial charge in [-0.3, -0.25) is 0 Å². The van der Waals surface area contributed by atoms with Crippen LogP contribution >= 0.6 is 0 Å². The fraction of sp³-hybridized carbons (Fsp3) is 0.444. The first-order valence-corrected chi connectivity index (χ1v) is 7.69. The van der Waals surface area contributed by atoms with E-state index in [1.54, 1.807) is 0 Å². The van der Waals surface area contributed by atoms with Crippen LogP contribution in [0.3, 0.4) is 0 Å². The van der Waals surface area contributed by atoms with Crippen molar-refractivity contribution in [3.63, 3.8) is 0 Å². The summed E-state index contributed by atoms with van der Waals surface area (Å²) in [4.78, 5) is 2.52. The van der Waals surface area contributed by atoms with Crippen molar-refractivity contribution in [2.24, 2.45) is 11.7 Å². The Morgan fingerprint density at radius 1 is 1.10 bits per heavy atom. The third-order valence-corrected chi connectivity index (χ3v) is 4.55. The SMILES string of the molecule is CC1CCN(CC(N)c2cccc3ccccc23)CC1. The van der Waals surface area contributed by atoms with Gasteiger partial charge in [0.05, 0.1) is 0 Å². The molecule has 1 aliphatic rings.